The van der Waals surface area contributed by atoms with E-state index in [-0.39, 0.29) is 0 Å². The summed E-state index contributed by atoms with van der Waals surface area (Å²) in [5, 5.41) is 9.54. The monoisotopic (exact) mass is 303 g/mol. The van der Waals surface area contributed by atoms with Crippen molar-refractivity contribution in [3.05, 3.63) is 34.3 Å². The molecule has 1 saturated heterocycles. The second kappa shape index (κ2) is 5.99. The highest BCUT2D eigenvalue weighted by atomic mass is 32.1. The van der Waals surface area contributed by atoms with E-state index in [0.29, 0.717) is 5.13 Å². The van der Waals surface area contributed by atoms with Crippen LogP contribution in [0.5, 0.6) is 0 Å². The number of anilines is 2. The third-order valence-electron chi connectivity index (χ3n) is 4.13. The topological polar surface area (TPSA) is 58.3 Å². The van der Waals surface area contributed by atoms with Crippen molar-refractivity contribution in [1.29, 1.82) is 0 Å². The predicted octanol–water partition coefficient (Wildman–Crippen LogP) is 2.06. The quantitative estimate of drug-likeness (QED) is 0.940. The molecule has 0 atom stereocenters. The third-order valence-corrected chi connectivity index (χ3v) is 4.87. The minimum absolute atomic E-state index is 0.555. The molecule has 0 unspecified atom stereocenters. The van der Waals surface area contributed by atoms with Gasteiger partial charge in [0.2, 0.25) is 5.13 Å². The van der Waals surface area contributed by atoms with Gasteiger partial charge >= 0.3 is 0 Å². The van der Waals surface area contributed by atoms with Gasteiger partial charge < -0.3 is 10.6 Å². The lowest BCUT2D eigenvalue weighted by molar-refractivity contribution is 0.249. The van der Waals surface area contributed by atoms with Crippen LogP contribution in [0.1, 0.15) is 16.1 Å². The number of aryl methyl sites for hydroxylation is 1. The van der Waals surface area contributed by atoms with E-state index in [1.807, 2.05) is 0 Å². The Hall–Kier alpha value is -1.66. The van der Waals surface area contributed by atoms with Crippen molar-refractivity contribution in [3.63, 3.8) is 0 Å². The van der Waals surface area contributed by atoms with Crippen molar-refractivity contribution in [2.24, 2.45) is 0 Å². The van der Waals surface area contributed by atoms with Gasteiger partial charge in [0, 0.05) is 31.9 Å². The maximum absolute atomic E-state index is 5.63. The van der Waals surface area contributed by atoms with E-state index in [0.717, 1.165) is 37.7 Å². The number of nitrogen functional groups attached to an aromatic ring is 1. The molecule has 2 heterocycles. The number of piperazine rings is 1. The first-order valence-corrected chi connectivity index (χ1v) is 8.06. The second-order valence-electron chi connectivity index (χ2n) is 5.52. The molecule has 0 bridgehead atoms. The predicted molar refractivity (Wildman–Crippen MR) is 87.7 cm³/mol. The van der Waals surface area contributed by atoms with Crippen molar-refractivity contribution in [2.75, 3.05) is 36.8 Å². The highest BCUT2D eigenvalue weighted by molar-refractivity contribution is 7.15. The van der Waals surface area contributed by atoms with E-state index in [1.165, 1.54) is 28.2 Å². The molecule has 1 aliphatic rings. The van der Waals surface area contributed by atoms with Crippen LogP contribution in [0.3, 0.4) is 0 Å². The van der Waals surface area contributed by atoms with Crippen LogP contribution >= 0.6 is 11.3 Å². The zero-order valence-corrected chi connectivity index (χ0v) is 13.4. The molecule has 1 aromatic carbocycles. The summed E-state index contributed by atoms with van der Waals surface area (Å²) in [5.74, 6) is 0. The van der Waals surface area contributed by atoms with E-state index in [2.05, 4.69) is 52.0 Å². The lowest BCUT2D eigenvalue weighted by Crippen LogP contribution is -2.46. The first-order valence-electron chi connectivity index (χ1n) is 7.25. The summed E-state index contributed by atoms with van der Waals surface area (Å²) >= 11 is 1.48. The average Bonchev–Trinajstić information content (AvgIpc) is 2.88. The van der Waals surface area contributed by atoms with E-state index in [4.69, 9.17) is 5.73 Å². The smallest absolute Gasteiger partial charge is 0.203 e. The first-order chi connectivity index (χ1) is 10.1. The maximum Gasteiger partial charge on any atom is 0.203 e. The highest BCUT2D eigenvalue weighted by Crippen LogP contribution is 2.24. The van der Waals surface area contributed by atoms with E-state index >= 15 is 0 Å². The normalized spacial score (nSPS) is 16.4. The molecule has 2 N–H and O–H groups in total. The fourth-order valence-corrected chi connectivity index (χ4v) is 3.40. The molecule has 112 valence electrons. The van der Waals surface area contributed by atoms with Gasteiger partial charge in [-0.15, -0.1) is 10.2 Å². The Balaban J connectivity index is 1.61. The van der Waals surface area contributed by atoms with Crippen molar-refractivity contribution in [3.8, 4) is 0 Å². The summed E-state index contributed by atoms with van der Waals surface area (Å²) in [6, 6.07) is 6.55. The molecule has 0 aliphatic carbocycles. The highest BCUT2D eigenvalue weighted by Gasteiger charge is 2.19. The number of aromatic nitrogens is 2. The number of nitrogens with two attached hydrogens (primary N) is 1. The Morgan fingerprint density at radius 2 is 1.90 bits per heavy atom. The molecular formula is C15H21N5S. The Morgan fingerprint density at radius 3 is 2.57 bits per heavy atom. The van der Waals surface area contributed by atoms with Crippen LogP contribution in [-0.4, -0.2) is 41.3 Å². The summed E-state index contributed by atoms with van der Waals surface area (Å²) in [6.07, 6.45) is 0. The van der Waals surface area contributed by atoms with Gasteiger partial charge in [-0.3, -0.25) is 4.90 Å². The van der Waals surface area contributed by atoms with Gasteiger partial charge in [0.1, 0.15) is 5.01 Å². The van der Waals surface area contributed by atoms with Crippen molar-refractivity contribution in [1.82, 2.24) is 15.1 Å². The largest absolute Gasteiger partial charge is 0.374 e. The van der Waals surface area contributed by atoms with E-state index in [1.54, 1.807) is 0 Å². The van der Waals surface area contributed by atoms with Gasteiger partial charge in [0.15, 0.2) is 0 Å². The molecule has 0 radical (unpaired) electrons. The Bertz CT molecular complexity index is 616. The zero-order chi connectivity index (χ0) is 14.8. The molecule has 1 aliphatic heterocycles. The third kappa shape index (κ3) is 3.16. The summed E-state index contributed by atoms with van der Waals surface area (Å²) < 4.78 is 0. The van der Waals surface area contributed by atoms with Crippen LogP contribution < -0.4 is 10.6 Å². The zero-order valence-electron chi connectivity index (χ0n) is 12.5. The van der Waals surface area contributed by atoms with Gasteiger partial charge in [0.05, 0.1) is 6.54 Å². The maximum atomic E-state index is 5.63. The fraction of sp³-hybridized carbons (Fsp3) is 0.467. The number of benzene rings is 1. The first kappa shape index (κ1) is 14.3. The van der Waals surface area contributed by atoms with Crippen molar-refractivity contribution >= 4 is 22.2 Å². The number of hydrogen-bond acceptors (Lipinski definition) is 6. The molecule has 1 fully saturated rings. The van der Waals surface area contributed by atoms with E-state index in [9.17, 15) is 0 Å². The molecule has 0 amide bonds. The number of rotatable bonds is 3. The summed E-state index contributed by atoms with van der Waals surface area (Å²) in [4.78, 5) is 4.90. The minimum atomic E-state index is 0.555. The Kier molecular flexibility index (Phi) is 4.07. The van der Waals surface area contributed by atoms with Crippen LogP contribution in [-0.2, 0) is 6.54 Å². The van der Waals surface area contributed by atoms with E-state index < -0.39 is 0 Å². The second-order valence-corrected chi connectivity index (χ2v) is 6.61. The molecule has 0 saturated carbocycles. The Morgan fingerprint density at radius 1 is 1.14 bits per heavy atom. The number of hydrogen-bond donors (Lipinski definition) is 1. The summed E-state index contributed by atoms with van der Waals surface area (Å²) in [7, 11) is 0. The standard InChI is InChI=1S/C15H21N5S/c1-11-4-3-5-13(12(11)2)20-8-6-19(7-9-20)10-14-17-18-15(16)21-14/h3-5H,6-10H2,1-2H3,(H2,16,18). The van der Waals surface area contributed by atoms with Gasteiger partial charge in [-0.25, -0.2) is 0 Å². The summed E-state index contributed by atoms with van der Waals surface area (Å²) in [6.45, 7) is 9.45. The van der Waals surface area contributed by atoms with Crippen LogP contribution in [0.2, 0.25) is 0 Å². The lowest BCUT2D eigenvalue weighted by Gasteiger charge is -2.36. The van der Waals surface area contributed by atoms with Gasteiger partial charge in [-0.1, -0.05) is 23.5 Å². The molecule has 6 heteroatoms. The van der Waals surface area contributed by atoms with Gasteiger partial charge in [-0.05, 0) is 31.0 Å². The van der Waals surface area contributed by atoms with Crippen LogP contribution in [0.25, 0.3) is 0 Å². The summed E-state index contributed by atoms with van der Waals surface area (Å²) in [5.41, 5.74) is 9.75. The molecule has 2 aromatic rings. The lowest BCUT2D eigenvalue weighted by atomic mass is 10.1. The Labute approximate surface area is 129 Å². The van der Waals surface area contributed by atoms with Crippen molar-refractivity contribution in [2.45, 2.75) is 20.4 Å². The SMILES string of the molecule is Cc1cccc(N2CCN(Cc3nnc(N)s3)CC2)c1C. The minimum Gasteiger partial charge on any atom is -0.374 e. The molecule has 3 rings (SSSR count). The molecule has 1 aromatic heterocycles. The molecule has 5 nitrogen and oxygen atoms in total. The fourth-order valence-electron chi connectivity index (χ4n) is 2.75. The van der Waals surface area contributed by atoms with Crippen LogP contribution in [0.15, 0.2) is 18.2 Å². The van der Waals surface area contributed by atoms with Crippen molar-refractivity contribution < 1.29 is 0 Å². The van der Waals surface area contributed by atoms with Gasteiger partial charge in [-0.2, -0.15) is 0 Å². The molecule has 0 spiro atoms. The molecular weight excluding hydrogens is 282 g/mol. The number of nitrogens with zero attached hydrogens (tertiary/aromatic N) is 4. The van der Waals surface area contributed by atoms with Crippen LogP contribution in [0, 0.1) is 13.8 Å². The average molecular weight is 303 g/mol. The molecule has 21 heavy (non-hydrogen) atoms. The van der Waals surface area contributed by atoms with Crippen LogP contribution in [0.4, 0.5) is 10.8 Å². The van der Waals surface area contributed by atoms with Gasteiger partial charge in [0.25, 0.3) is 0 Å².